The Bertz CT molecular complexity index is 400. The van der Waals surface area contributed by atoms with Gasteiger partial charge in [-0.3, -0.25) is 0 Å². The van der Waals surface area contributed by atoms with Crippen molar-refractivity contribution in [3.05, 3.63) is 24.0 Å². The van der Waals surface area contributed by atoms with Crippen molar-refractivity contribution in [1.82, 2.24) is 4.90 Å². The summed E-state index contributed by atoms with van der Waals surface area (Å²) in [6, 6.07) is 4.88. The quantitative estimate of drug-likeness (QED) is 0.790. The molecule has 0 atom stereocenters. The number of hydrogen-bond donors (Lipinski definition) is 2. The van der Waals surface area contributed by atoms with E-state index in [1.54, 1.807) is 6.07 Å². The second-order valence-corrected chi connectivity index (χ2v) is 5.03. The molecule has 1 aliphatic rings. The summed E-state index contributed by atoms with van der Waals surface area (Å²) in [5, 5.41) is 3.27. The maximum absolute atomic E-state index is 13.3. The molecule has 1 aromatic carbocycles. The lowest BCUT2D eigenvalue weighted by Crippen LogP contribution is -2.54. The smallest absolute Gasteiger partial charge is 0.148 e. The molecule has 0 bridgehead atoms. The Morgan fingerprint density at radius 3 is 2.65 bits per heavy atom. The van der Waals surface area contributed by atoms with Crippen molar-refractivity contribution >= 4 is 11.4 Å². The maximum atomic E-state index is 13.3. The summed E-state index contributed by atoms with van der Waals surface area (Å²) in [4.78, 5) is 2.25. The zero-order valence-corrected chi connectivity index (χ0v) is 10.5. The summed E-state index contributed by atoms with van der Waals surface area (Å²) in [7, 11) is 4.19. The summed E-state index contributed by atoms with van der Waals surface area (Å²) in [5.41, 5.74) is 6.81. The predicted molar refractivity (Wildman–Crippen MR) is 69.6 cm³/mol. The van der Waals surface area contributed by atoms with Gasteiger partial charge in [-0.2, -0.15) is 0 Å². The molecule has 3 N–H and O–H groups in total. The predicted octanol–water partition coefficient (Wildman–Crippen LogP) is 2.30. The van der Waals surface area contributed by atoms with Crippen LogP contribution in [0.3, 0.4) is 0 Å². The van der Waals surface area contributed by atoms with Crippen LogP contribution in [0.1, 0.15) is 19.3 Å². The Morgan fingerprint density at radius 2 is 2.12 bits per heavy atom. The molecule has 0 radical (unpaired) electrons. The van der Waals surface area contributed by atoms with Gasteiger partial charge in [-0.15, -0.1) is 0 Å². The van der Waals surface area contributed by atoms with Crippen LogP contribution in [0.2, 0.25) is 0 Å². The fraction of sp³-hybridized carbons (Fsp3) is 0.538. The molecule has 1 saturated carbocycles. The number of nitrogens with one attached hydrogen (secondary N) is 1. The molecular weight excluding hydrogens is 217 g/mol. The number of rotatable bonds is 4. The van der Waals surface area contributed by atoms with Crippen LogP contribution in [-0.4, -0.2) is 31.1 Å². The minimum absolute atomic E-state index is 0.207. The molecule has 0 heterocycles. The second kappa shape index (κ2) is 4.53. The van der Waals surface area contributed by atoms with Crippen molar-refractivity contribution in [3.8, 4) is 0 Å². The minimum Gasteiger partial charge on any atom is -0.395 e. The van der Waals surface area contributed by atoms with Gasteiger partial charge in [0.1, 0.15) is 5.82 Å². The Balaban J connectivity index is 2.04. The molecule has 3 nitrogen and oxygen atoms in total. The lowest BCUT2D eigenvalue weighted by atomic mass is 9.75. The van der Waals surface area contributed by atoms with Gasteiger partial charge in [0.25, 0.3) is 0 Å². The summed E-state index contributed by atoms with van der Waals surface area (Å²) in [6.45, 7) is 0.813. The van der Waals surface area contributed by atoms with E-state index in [0.29, 0.717) is 5.69 Å². The van der Waals surface area contributed by atoms with Crippen LogP contribution in [0, 0.1) is 5.82 Å². The molecule has 4 heteroatoms. The third kappa shape index (κ3) is 2.22. The van der Waals surface area contributed by atoms with E-state index in [1.807, 2.05) is 6.07 Å². The van der Waals surface area contributed by atoms with Crippen LogP contribution in [0.25, 0.3) is 0 Å². The van der Waals surface area contributed by atoms with Gasteiger partial charge in [0.05, 0.1) is 11.4 Å². The van der Waals surface area contributed by atoms with E-state index in [9.17, 15) is 4.39 Å². The van der Waals surface area contributed by atoms with Crippen molar-refractivity contribution in [2.75, 3.05) is 31.7 Å². The van der Waals surface area contributed by atoms with E-state index in [0.717, 1.165) is 6.54 Å². The first-order chi connectivity index (χ1) is 8.05. The van der Waals surface area contributed by atoms with Crippen molar-refractivity contribution in [2.45, 2.75) is 24.8 Å². The first-order valence-electron chi connectivity index (χ1n) is 6.00. The molecule has 1 aromatic rings. The van der Waals surface area contributed by atoms with Crippen LogP contribution in [0.15, 0.2) is 18.2 Å². The Kier molecular flexibility index (Phi) is 3.24. The minimum atomic E-state index is -0.359. The van der Waals surface area contributed by atoms with E-state index in [4.69, 9.17) is 5.73 Å². The molecule has 94 valence electrons. The van der Waals surface area contributed by atoms with E-state index >= 15 is 0 Å². The second-order valence-electron chi connectivity index (χ2n) is 5.03. The van der Waals surface area contributed by atoms with Gasteiger partial charge in [-0.1, -0.05) is 6.07 Å². The first kappa shape index (κ1) is 12.2. The van der Waals surface area contributed by atoms with Gasteiger partial charge in [-0.05, 0) is 45.5 Å². The molecule has 0 aliphatic heterocycles. The molecule has 0 spiro atoms. The summed E-state index contributed by atoms with van der Waals surface area (Å²) in [5.74, 6) is -0.359. The zero-order valence-electron chi connectivity index (χ0n) is 10.5. The van der Waals surface area contributed by atoms with E-state index in [1.165, 1.54) is 25.3 Å². The van der Waals surface area contributed by atoms with E-state index in [2.05, 4.69) is 24.3 Å². The van der Waals surface area contributed by atoms with E-state index in [-0.39, 0.29) is 17.0 Å². The Labute approximate surface area is 102 Å². The first-order valence-corrected chi connectivity index (χ1v) is 6.00. The van der Waals surface area contributed by atoms with Crippen molar-refractivity contribution in [2.24, 2.45) is 0 Å². The number of likely N-dealkylation sites (N-methyl/N-ethyl adjacent to an activating group) is 1. The number of anilines is 2. The zero-order chi connectivity index (χ0) is 12.5. The van der Waals surface area contributed by atoms with Gasteiger partial charge in [-0.25, -0.2) is 4.39 Å². The SMILES string of the molecule is CN(C)C1(CNc2cccc(F)c2N)CCC1. The highest BCUT2D eigenvalue weighted by Crippen LogP contribution is 2.36. The average molecular weight is 237 g/mol. The van der Waals surface area contributed by atoms with Crippen molar-refractivity contribution in [1.29, 1.82) is 0 Å². The lowest BCUT2D eigenvalue weighted by Gasteiger charge is -2.47. The molecule has 0 saturated heterocycles. The molecule has 0 amide bonds. The molecule has 1 aliphatic carbocycles. The maximum Gasteiger partial charge on any atom is 0.148 e. The number of hydrogen-bond acceptors (Lipinski definition) is 3. The number of nitrogen functional groups attached to an aromatic ring is 1. The van der Waals surface area contributed by atoms with Crippen LogP contribution in [0.5, 0.6) is 0 Å². The summed E-state index contributed by atoms with van der Waals surface area (Å²) < 4.78 is 13.3. The topological polar surface area (TPSA) is 41.3 Å². The fourth-order valence-corrected chi connectivity index (χ4v) is 2.32. The number of nitrogens with zero attached hydrogens (tertiary/aromatic N) is 1. The summed E-state index contributed by atoms with van der Waals surface area (Å²) in [6.07, 6.45) is 3.63. The molecule has 2 rings (SSSR count). The fourth-order valence-electron chi connectivity index (χ4n) is 2.32. The largest absolute Gasteiger partial charge is 0.395 e. The number of halogens is 1. The number of nitrogens with two attached hydrogens (primary N) is 1. The highest BCUT2D eigenvalue weighted by Gasteiger charge is 2.38. The van der Waals surface area contributed by atoms with Crippen LogP contribution >= 0.6 is 0 Å². The Morgan fingerprint density at radius 1 is 1.41 bits per heavy atom. The monoisotopic (exact) mass is 237 g/mol. The number of benzene rings is 1. The highest BCUT2D eigenvalue weighted by atomic mass is 19.1. The van der Waals surface area contributed by atoms with Gasteiger partial charge >= 0.3 is 0 Å². The normalized spacial score (nSPS) is 17.9. The molecular formula is C13H20FN3. The molecule has 0 unspecified atom stereocenters. The average Bonchev–Trinajstić information content (AvgIpc) is 2.22. The molecule has 17 heavy (non-hydrogen) atoms. The number of para-hydroxylation sites is 1. The summed E-state index contributed by atoms with van der Waals surface area (Å²) >= 11 is 0. The van der Waals surface area contributed by atoms with Crippen LogP contribution < -0.4 is 11.1 Å². The third-order valence-corrected chi connectivity index (χ3v) is 3.89. The van der Waals surface area contributed by atoms with Crippen LogP contribution in [0.4, 0.5) is 15.8 Å². The van der Waals surface area contributed by atoms with Gasteiger partial charge in [0, 0.05) is 12.1 Å². The highest BCUT2D eigenvalue weighted by molar-refractivity contribution is 5.66. The Hall–Kier alpha value is -1.29. The van der Waals surface area contributed by atoms with Gasteiger partial charge < -0.3 is 16.0 Å². The van der Waals surface area contributed by atoms with Gasteiger partial charge in [0.15, 0.2) is 0 Å². The van der Waals surface area contributed by atoms with Gasteiger partial charge in [0.2, 0.25) is 0 Å². The van der Waals surface area contributed by atoms with Crippen molar-refractivity contribution in [3.63, 3.8) is 0 Å². The standard InChI is InChI=1S/C13H20FN3/c1-17(2)13(7-4-8-13)9-16-11-6-3-5-10(14)12(11)15/h3,5-6,16H,4,7-9,15H2,1-2H3. The third-order valence-electron chi connectivity index (χ3n) is 3.89. The van der Waals surface area contributed by atoms with Crippen molar-refractivity contribution < 1.29 is 4.39 Å². The van der Waals surface area contributed by atoms with Crippen LogP contribution in [-0.2, 0) is 0 Å². The molecule has 1 fully saturated rings. The molecule has 0 aromatic heterocycles. The van der Waals surface area contributed by atoms with E-state index < -0.39 is 0 Å². The lowest BCUT2D eigenvalue weighted by molar-refractivity contribution is 0.0739.